The number of rotatable bonds is 10. The molecule has 2 saturated carbocycles. The van der Waals surface area contributed by atoms with Crippen molar-refractivity contribution in [2.45, 2.75) is 95.4 Å². The maximum atomic E-state index is 13.8. The van der Waals surface area contributed by atoms with Crippen molar-refractivity contribution in [1.82, 2.24) is 9.80 Å². The van der Waals surface area contributed by atoms with Gasteiger partial charge in [0.2, 0.25) is 5.91 Å². The van der Waals surface area contributed by atoms with Crippen LogP contribution in [0.25, 0.3) is 0 Å². The molecule has 4 rings (SSSR count). The fourth-order valence-corrected chi connectivity index (χ4v) is 5.96. The largest absolute Gasteiger partial charge is 0.480 e. The summed E-state index contributed by atoms with van der Waals surface area (Å²) in [4.78, 5) is 42.5. The van der Waals surface area contributed by atoms with Gasteiger partial charge in [0, 0.05) is 12.1 Å². The molecular formula is C26H36N2O5. The van der Waals surface area contributed by atoms with Crippen LogP contribution in [0.15, 0.2) is 30.3 Å². The summed E-state index contributed by atoms with van der Waals surface area (Å²) in [5, 5.41) is 9.83. The Morgan fingerprint density at radius 1 is 1.15 bits per heavy atom. The number of aryl methyl sites for hydroxylation is 1. The van der Waals surface area contributed by atoms with Gasteiger partial charge >= 0.3 is 11.9 Å². The lowest BCUT2D eigenvalue weighted by Crippen LogP contribution is -2.57. The number of nitrogens with zero attached hydrogens (tertiary/aromatic N) is 2. The Kier molecular flexibility index (Phi) is 7.37. The molecule has 1 heterocycles. The Hall–Kier alpha value is -2.41. The lowest BCUT2D eigenvalue weighted by Gasteiger charge is -2.38. The zero-order chi connectivity index (χ0) is 23.5. The van der Waals surface area contributed by atoms with Crippen LogP contribution >= 0.6 is 0 Å². The van der Waals surface area contributed by atoms with Crippen molar-refractivity contribution in [1.29, 1.82) is 0 Å². The van der Waals surface area contributed by atoms with E-state index in [1.165, 1.54) is 0 Å². The first-order valence-electron chi connectivity index (χ1n) is 12.4. The van der Waals surface area contributed by atoms with E-state index in [1.807, 2.05) is 42.2 Å². The average molecular weight is 457 g/mol. The van der Waals surface area contributed by atoms with Crippen LogP contribution in [0.3, 0.4) is 0 Å². The van der Waals surface area contributed by atoms with Crippen molar-refractivity contribution < 1.29 is 24.2 Å². The van der Waals surface area contributed by atoms with Gasteiger partial charge in [0.15, 0.2) is 0 Å². The standard InChI is InChI=1S/C26H36N2O5/c1-3-33-26(32)22(15-12-18-8-5-4-6-9-18)27(20-13-14-20)17(2)24(29)28-21-11-7-10-19(21)16-23(28)25(30)31/h4-6,8-9,17,19-23H,3,7,10-16H2,1-2H3,(H,30,31)/t17-,19-,21-,22-,23-/m0/s1. The van der Waals surface area contributed by atoms with Crippen molar-refractivity contribution >= 4 is 17.8 Å². The smallest absolute Gasteiger partial charge is 0.326 e. The predicted molar refractivity (Wildman–Crippen MR) is 124 cm³/mol. The highest BCUT2D eigenvalue weighted by Gasteiger charge is 2.52. The van der Waals surface area contributed by atoms with Crippen LogP contribution in [0.5, 0.6) is 0 Å². The molecule has 180 valence electrons. The molecule has 1 saturated heterocycles. The summed E-state index contributed by atoms with van der Waals surface area (Å²) >= 11 is 0. The summed E-state index contributed by atoms with van der Waals surface area (Å²) < 4.78 is 5.44. The normalized spacial score (nSPS) is 26.2. The molecule has 0 unspecified atom stereocenters. The minimum absolute atomic E-state index is 0.00691. The molecule has 0 spiro atoms. The number of esters is 1. The Balaban J connectivity index is 1.56. The van der Waals surface area contributed by atoms with E-state index in [-0.39, 0.29) is 29.9 Å². The number of hydrogen-bond donors (Lipinski definition) is 1. The maximum Gasteiger partial charge on any atom is 0.326 e. The second-order valence-corrected chi connectivity index (χ2v) is 9.74. The molecule has 7 heteroatoms. The summed E-state index contributed by atoms with van der Waals surface area (Å²) in [6.07, 6.45) is 6.57. The van der Waals surface area contributed by atoms with Gasteiger partial charge in [-0.1, -0.05) is 36.8 Å². The van der Waals surface area contributed by atoms with Gasteiger partial charge in [-0.05, 0) is 70.3 Å². The lowest BCUT2D eigenvalue weighted by atomic mass is 10.0. The minimum atomic E-state index is -0.922. The van der Waals surface area contributed by atoms with E-state index in [1.54, 1.807) is 11.8 Å². The zero-order valence-corrected chi connectivity index (χ0v) is 19.7. The fourth-order valence-electron chi connectivity index (χ4n) is 5.96. The van der Waals surface area contributed by atoms with Crippen molar-refractivity contribution in [3.63, 3.8) is 0 Å². The number of likely N-dealkylation sites (tertiary alicyclic amines) is 1. The second kappa shape index (κ2) is 10.2. The third-order valence-electron chi connectivity index (χ3n) is 7.62. The highest BCUT2D eigenvalue weighted by molar-refractivity contribution is 5.88. The zero-order valence-electron chi connectivity index (χ0n) is 19.7. The Bertz CT molecular complexity index is 855. The summed E-state index contributed by atoms with van der Waals surface area (Å²) in [5.41, 5.74) is 1.14. The summed E-state index contributed by atoms with van der Waals surface area (Å²) in [7, 11) is 0. The van der Waals surface area contributed by atoms with Gasteiger partial charge in [-0.2, -0.15) is 0 Å². The van der Waals surface area contributed by atoms with Crippen LogP contribution in [-0.2, 0) is 25.5 Å². The molecule has 2 aliphatic carbocycles. The average Bonchev–Trinajstić information content (AvgIpc) is 3.41. The van der Waals surface area contributed by atoms with Gasteiger partial charge in [-0.25, -0.2) is 4.79 Å². The van der Waals surface area contributed by atoms with E-state index in [2.05, 4.69) is 0 Å². The van der Waals surface area contributed by atoms with Crippen LogP contribution < -0.4 is 0 Å². The highest BCUT2D eigenvalue weighted by atomic mass is 16.5. The lowest BCUT2D eigenvalue weighted by molar-refractivity contribution is -0.157. The number of carbonyl (C=O) groups excluding carboxylic acids is 2. The number of benzene rings is 1. The van der Waals surface area contributed by atoms with E-state index in [0.717, 1.165) is 37.7 Å². The van der Waals surface area contributed by atoms with E-state index >= 15 is 0 Å². The first-order valence-corrected chi connectivity index (χ1v) is 12.4. The van der Waals surface area contributed by atoms with Crippen molar-refractivity contribution in [2.75, 3.05) is 6.61 Å². The van der Waals surface area contributed by atoms with Gasteiger partial charge < -0.3 is 14.7 Å². The first kappa shape index (κ1) is 23.7. The van der Waals surface area contributed by atoms with Crippen molar-refractivity contribution in [3.8, 4) is 0 Å². The third kappa shape index (κ3) is 5.08. The molecule has 1 aliphatic heterocycles. The van der Waals surface area contributed by atoms with Gasteiger partial charge in [0.1, 0.15) is 12.1 Å². The monoisotopic (exact) mass is 456 g/mol. The topological polar surface area (TPSA) is 87.2 Å². The molecule has 1 amide bonds. The van der Waals surface area contributed by atoms with Gasteiger partial charge in [-0.3, -0.25) is 14.5 Å². The van der Waals surface area contributed by atoms with Crippen LogP contribution in [0.2, 0.25) is 0 Å². The minimum Gasteiger partial charge on any atom is -0.480 e. The van der Waals surface area contributed by atoms with E-state index in [4.69, 9.17) is 4.74 Å². The van der Waals surface area contributed by atoms with Crippen LogP contribution in [0.4, 0.5) is 0 Å². The van der Waals surface area contributed by atoms with Crippen molar-refractivity contribution in [2.24, 2.45) is 5.92 Å². The number of amides is 1. The highest BCUT2D eigenvalue weighted by Crippen LogP contribution is 2.42. The molecule has 0 aromatic heterocycles. The summed E-state index contributed by atoms with van der Waals surface area (Å²) in [6, 6.07) is 8.32. The second-order valence-electron chi connectivity index (χ2n) is 9.74. The van der Waals surface area contributed by atoms with Gasteiger partial charge in [0.25, 0.3) is 0 Å². The molecule has 3 fully saturated rings. The number of carboxylic acids is 1. The van der Waals surface area contributed by atoms with E-state index < -0.39 is 24.1 Å². The molecule has 7 nitrogen and oxygen atoms in total. The SMILES string of the molecule is CCOC(=O)[C@H](CCc1ccccc1)N(C1CC1)[C@@H](C)C(=O)N1[C@H](C(=O)O)C[C@@H]2CCC[C@@H]21. The molecule has 1 aromatic rings. The molecule has 33 heavy (non-hydrogen) atoms. The number of carboxylic acid groups (broad SMARTS) is 1. The molecule has 0 bridgehead atoms. The molecule has 1 aromatic carbocycles. The van der Waals surface area contributed by atoms with Gasteiger partial charge in [0.05, 0.1) is 12.6 Å². The van der Waals surface area contributed by atoms with Gasteiger partial charge in [-0.15, -0.1) is 0 Å². The van der Waals surface area contributed by atoms with Crippen LogP contribution in [-0.4, -0.2) is 69.6 Å². The molecule has 0 radical (unpaired) electrons. The Morgan fingerprint density at radius 2 is 1.88 bits per heavy atom. The number of aliphatic carboxylic acids is 1. The number of carbonyl (C=O) groups is 3. The van der Waals surface area contributed by atoms with Crippen molar-refractivity contribution in [3.05, 3.63) is 35.9 Å². The quantitative estimate of drug-likeness (QED) is 0.544. The fraction of sp³-hybridized carbons (Fsp3) is 0.654. The molecule has 5 atom stereocenters. The number of fused-ring (bicyclic) bond motifs is 1. The maximum absolute atomic E-state index is 13.8. The predicted octanol–water partition coefficient (Wildman–Crippen LogP) is 3.26. The number of ether oxygens (including phenoxy) is 1. The van der Waals surface area contributed by atoms with Crippen LogP contribution in [0.1, 0.15) is 64.4 Å². The van der Waals surface area contributed by atoms with E-state index in [0.29, 0.717) is 25.9 Å². The third-order valence-corrected chi connectivity index (χ3v) is 7.62. The molecular weight excluding hydrogens is 420 g/mol. The van der Waals surface area contributed by atoms with E-state index in [9.17, 15) is 19.5 Å². The Labute approximate surface area is 196 Å². The number of hydrogen-bond acceptors (Lipinski definition) is 5. The van der Waals surface area contributed by atoms with Crippen LogP contribution in [0, 0.1) is 5.92 Å². The summed E-state index contributed by atoms with van der Waals surface area (Å²) in [6.45, 7) is 3.93. The Morgan fingerprint density at radius 3 is 2.52 bits per heavy atom. The molecule has 3 aliphatic rings. The summed E-state index contributed by atoms with van der Waals surface area (Å²) in [5.74, 6) is -1.10. The first-order chi connectivity index (χ1) is 15.9. The molecule has 1 N–H and O–H groups in total.